The van der Waals surface area contributed by atoms with Gasteiger partial charge in [-0.2, -0.15) is 4.98 Å². The minimum absolute atomic E-state index is 0.263. The summed E-state index contributed by atoms with van der Waals surface area (Å²) in [5.74, 6) is 1.04. The van der Waals surface area contributed by atoms with Crippen LogP contribution in [0.25, 0.3) is 0 Å². The number of aromatic nitrogens is 4. The lowest BCUT2D eigenvalue weighted by molar-refractivity contribution is 0.102. The second-order valence-electron chi connectivity index (χ2n) is 5.83. The molecule has 0 saturated heterocycles. The molecule has 1 aromatic carbocycles. The van der Waals surface area contributed by atoms with Gasteiger partial charge in [-0.25, -0.2) is 9.97 Å². The van der Waals surface area contributed by atoms with Gasteiger partial charge in [0.25, 0.3) is 5.91 Å². The van der Waals surface area contributed by atoms with Gasteiger partial charge >= 0.3 is 0 Å². The smallest absolute Gasteiger partial charge is 0.275 e. The molecule has 8 heteroatoms. The van der Waals surface area contributed by atoms with E-state index in [1.165, 1.54) is 18.6 Å². The zero-order valence-electron chi connectivity index (χ0n) is 14.8. The summed E-state index contributed by atoms with van der Waals surface area (Å²) in [6.07, 6.45) is 4.42. The van der Waals surface area contributed by atoms with Gasteiger partial charge in [-0.1, -0.05) is 0 Å². The molecule has 3 rings (SSSR count). The molecule has 0 fully saturated rings. The van der Waals surface area contributed by atoms with Crippen molar-refractivity contribution in [2.24, 2.45) is 0 Å². The number of carbonyl (C=O) groups excluding carboxylic acids is 1. The van der Waals surface area contributed by atoms with E-state index in [4.69, 9.17) is 0 Å². The quantitative estimate of drug-likeness (QED) is 0.731. The van der Waals surface area contributed by atoms with Crippen LogP contribution in [0.2, 0.25) is 0 Å². The van der Waals surface area contributed by atoms with Crippen molar-refractivity contribution in [3.8, 4) is 0 Å². The molecule has 2 aromatic heterocycles. The third-order valence-electron chi connectivity index (χ3n) is 3.49. The van der Waals surface area contributed by atoms with Crippen molar-refractivity contribution in [2.75, 3.05) is 29.6 Å². The molecule has 0 unspecified atom stereocenters. The van der Waals surface area contributed by atoms with Crippen LogP contribution in [-0.2, 0) is 0 Å². The highest BCUT2D eigenvalue weighted by Crippen LogP contribution is 2.19. The number of rotatable bonds is 5. The second-order valence-corrected chi connectivity index (χ2v) is 5.83. The minimum Gasteiger partial charge on any atom is -0.363 e. The van der Waals surface area contributed by atoms with Crippen molar-refractivity contribution in [3.63, 3.8) is 0 Å². The number of benzene rings is 1. The fourth-order valence-electron chi connectivity index (χ4n) is 2.21. The van der Waals surface area contributed by atoms with Gasteiger partial charge in [0.05, 0.1) is 6.20 Å². The highest BCUT2D eigenvalue weighted by Gasteiger charge is 2.08. The van der Waals surface area contributed by atoms with Crippen molar-refractivity contribution in [1.82, 2.24) is 19.9 Å². The minimum atomic E-state index is -0.309. The molecule has 2 N–H and O–H groups in total. The van der Waals surface area contributed by atoms with Crippen LogP contribution in [-0.4, -0.2) is 39.9 Å². The molecule has 132 valence electrons. The van der Waals surface area contributed by atoms with Gasteiger partial charge in [0, 0.05) is 49.6 Å². The molecule has 2 heterocycles. The van der Waals surface area contributed by atoms with Crippen LogP contribution in [0.15, 0.2) is 48.9 Å². The van der Waals surface area contributed by atoms with Crippen LogP contribution in [0.3, 0.4) is 0 Å². The Morgan fingerprint density at radius 2 is 1.77 bits per heavy atom. The van der Waals surface area contributed by atoms with E-state index in [0.29, 0.717) is 11.6 Å². The summed E-state index contributed by atoms with van der Waals surface area (Å²) in [4.78, 5) is 30.7. The number of nitrogens with one attached hydrogen (secondary N) is 2. The zero-order chi connectivity index (χ0) is 18.5. The van der Waals surface area contributed by atoms with Gasteiger partial charge in [0.15, 0.2) is 0 Å². The average molecular weight is 349 g/mol. The van der Waals surface area contributed by atoms with Crippen molar-refractivity contribution < 1.29 is 4.79 Å². The number of nitrogens with zero attached hydrogens (tertiary/aromatic N) is 5. The molecule has 1 amide bonds. The Bertz CT molecular complexity index is 895. The predicted molar refractivity (Wildman–Crippen MR) is 101 cm³/mol. The van der Waals surface area contributed by atoms with E-state index in [9.17, 15) is 4.79 Å². The average Bonchev–Trinajstić information content (AvgIpc) is 2.63. The molecule has 0 aliphatic carbocycles. The van der Waals surface area contributed by atoms with E-state index < -0.39 is 0 Å². The van der Waals surface area contributed by atoms with Crippen molar-refractivity contribution in [3.05, 3.63) is 60.3 Å². The van der Waals surface area contributed by atoms with Gasteiger partial charge in [0.2, 0.25) is 5.95 Å². The number of hydrogen-bond acceptors (Lipinski definition) is 7. The third-order valence-corrected chi connectivity index (χ3v) is 3.49. The monoisotopic (exact) mass is 349 g/mol. The maximum atomic E-state index is 12.1. The second kappa shape index (κ2) is 7.56. The van der Waals surface area contributed by atoms with Crippen LogP contribution in [0, 0.1) is 6.92 Å². The first-order chi connectivity index (χ1) is 12.5. The number of carbonyl (C=O) groups is 1. The summed E-state index contributed by atoms with van der Waals surface area (Å²) < 4.78 is 0. The van der Waals surface area contributed by atoms with Crippen molar-refractivity contribution in [1.29, 1.82) is 0 Å². The van der Waals surface area contributed by atoms with Gasteiger partial charge in [-0.3, -0.25) is 9.78 Å². The first-order valence-electron chi connectivity index (χ1n) is 7.99. The molecule has 0 saturated carbocycles. The maximum absolute atomic E-state index is 12.1. The van der Waals surface area contributed by atoms with E-state index in [2.05, 4.69) is 30.6 Å². The molecular formula is C18H19N7O. The lowest BCUT2D eigenvalue weighted by atomic mass is 10.2. The third kappa shape index (κ3) is 4.29. The van der Waals surface area contributed by atoms with E-state index in [-0.39, 0.29) is 11.6 Å². The van der Waals surface area contributed by atoms with E-state index in [1.54, 1.807) is 12.1 Å². The van der Waals surface area contributed by atoms with Crippen molar-refractivity contribution in [2.45, 2.75) is 6.92 Å². The molecule has 0 bridgehead atoms. The molecule has 26 heavy (non-hydrogen) atoms. The molecule has 0 radical (unpaired) electrons. The Labute approximate surface area is 151 Å². The number of aryl methyl sites for hydroxylation is 1. The molecule has 3 aromatic rings. The van der Waals surface area contributed by atoms with Gasteiger partial charge < -0.3 is 15.5 Å². The Balaban J connectivity index is 1.69. The Hall–Kier alpha value is -3.55. The van der Waals surface area contributed by atoms with E-state index >= 15 is 0 Å². The zero-order valence-corrected chi connectivity index (χ0v) is 14.8. The van der Waals surface area contributed by atoms with Crippen LogP contribution >= 0.6 is 0 Å². The number of amides is 1. The highest BCUT2D eigenvalue weighted by atomic mass is 16.1. The van der Waals surface area contributed by atoms with Gasteiger partial charge in [-0.15, -0.1) is 0 Å². The fourth-order valence-corrected chi connectivity index (χ4v) is 2.21. The summed E-state index contributed by atoms with van der Waals surface area (Å²) in [5.41, 5.74) is 2.61. The summed E-state index contributed by atoms with van der Waals surface area (Å²) in [5, 5.41) is 5.94. The largest absolute Gasteiger partial charge is 0.363 e. The SMILES string of the molecule is Cc1cc(N(C)C)nc(Nc2ccc(NC(=O)c3cnccn3)cc2)n1. The molecule has 8 nitrogen and oxygen atoms in total. The van der Waals surface area contributed by atoms with Gasteiger partial charge in [0.1, 0.15) is 11.5 Å². The summed E-state index contributed by atoms with van der Waals surface area (Å²) >= 11 is 0. The standard InChI is InChI=1S/C18H19N7O/c1-12-10-16(25(2)3)24-18(21-12)23-14-6-4-13(5-7-14)22-17(26)15-11-19-8-9-20-15/h4-11H,1-3H3,(H,22,26)(H,21,23,24). The summed E-state index contributed by atoms with van der Waals surface area (Å²) in [7, 11) is 3.86. The number of hydrogen-bond donors (Lipinski definition) is 2. The normalized spacial score (nSPS) is 10.3. The Kier molecular flexibility index (Phi) is 5.02. The lowest BCUT2D eigenvalue weighted by Crippen LogP contribution is -2.13. The molecule has 0 aliphatic heterocycles. The molecule has 0 aliphatic rings. The maximum Gasteiger partial charge on any atom is 0.275 e. The Morgan fingerprint density at radius 3 is 2.42 bits per heavy atom. The van der Waals surface area contributed by atoms with Crippen LogP contribution in [0.5, 0.6) is 0 Å². The molecule has 0 spiro atoms. The predicted octanol–water partition coefficient (Wildman–Crippen LogP) is 2.64. The van der Waals surface area contributed by atoms with Crippen LogP contribution in [0.4, 0.5) is 23.1 Å². The highest BCUT2D eigenvalue weighted by molar-refractivity contribution is 6.02. The first-order valence-corrected chi connectivity index (χ1v) is 7.99. The Morgan fingerprint density at radius 1 is 1.04 bits per heavy atom. The number of anilines is 4. The van der Waals surface area contributed by atoms with E-state index in [0.717, 1.165) is 17.2 Å². The summed E-state index contributed by atoms with van der Waals surface area (Å²) in [6.45, 7) is 1.92. The van der Waals surface area contributed by atoms with Crippen LogP contribution < -0.4 is 15.5 Å². The first kappa shape index (κ1) is 17.3. The molecular weight excluding hydrogens is 330 g/mol. The molecule has 0 atom stereocenters. The fraction of sp³-hybridized carbons (Fsp3) is 0.167. The summed E-state index contributed by atoms with van der Waals surface area (Å²) in [6, 6.07) is 9.18. The van der Waals surface area contributed by atoms with Crippen LogP contribution in [0.1, 0.15) is 16.2 Å². The van der Waals surface area contributed by atoms with Crippen molar-refractivity contribution >= 4 is 29.0 Å². The topological polar surface area (TPSA) is 95.9 Å². The van der Waals surface area contributed by atoms with Gasteiger partial charge in [-0.05, 0) is 31.2 Å². The lowest BCUT2D eigenvalue weighted by Gasteiger charge is -2.14. The van der Waals surface area contributed by atoms with E-state index in [1.807, 2.05) is 44.1 Å².